The van der Waals surface area contributed by atoms with Gasteiger partial charge in [-0.1, -0.05) is 18.2 Å². The minimum Gasteiger partial charge on any atom is -0.327 e. The van der Waals surface area contributed by atoms with Crippen molar-refractivity contribution in [3.8, 4) is 5.69 Å². The average Bonchev–Trinajstić information content (AvgIpc) is 3.37. The van der Waals surface area contributed by atoms with Crippen molar-refractivity contribution in [2.45, 2.75) is 6.42 Å². The van der Waals surface area contributed by atoms with E-state index in [1.54, 1.807) is 24.7 Å². The van der Waals surface area contributed by atoms with E-state index >= 15 is 0 Å². The van der Waals surface area contributed by atoms with Crippen LogP contribution in [-0.4, -0.2) is 34.8 Å². The molecule has 1 amide bonds. The maximum Gasteiger partial charge on any atom is 0.263 e. The number of amides is 1. The lowest BCUT2D eigenvalue weighted by atomic mass is 10.0. The number of carbonyl (C=O) groups is 2. The first kappa shape index (κ1) is 18.1. The summed E-state index contributed by atoms with van der Waals surface area (Å²) in [7, 11) is 1.82. The second-order valence-electron chi connectivity index (χ2n) is 7.13. The lowest BCUT2D eigenvalue weighted by Gasteiger charge is -2.29. The molecule has 0 saturated carbocycles. The summed E-state index contributed by atoms with van der Waals surface area (Å²) in [5.74, 6) is -0.933. The molecule has 3 heterocycles. The van der Waals surface area contributed by atoms with Gasteiger partial charge in [0, 0.05) is 32.4 Å². The number of Topliss-reactive ketones (excluding diaryl/α,β-unsaturated/α-hetero) is 1. The van der Waals surface area contributed by atoms with E-state index in [1.807, 2.05) is 45.8 Å². The second kappa shape index (κ2) is 6.84. The lowest BCUT2D eigenvalue weighted by molar-refractivity contribution is -0.120. The maximum atomic E-state index is 14.0. The van der Waals surface area contributed by atoms with E-state index in [9.17, 15) is 14.0 Å². The third-order valence-corrected chi connectivity index (χ3v) is 5.39. The molecule has 0 aliphatic carbocycles. The molecule has 0 bridgehead atoms. The largest absolute Gasteiger partial charge is 0.327 e. The number of aromatic nitrogens is 2. The number of carbonyl (C=O) groups excluding carboxylic acids is 2. The van der Waals surface area contributed by atoms with Crippen LogP contribution in [0.1, 0.15) is 6.42 Å². The average molecular weight is 403 g/mol. The molecule has 0 spiro atoms. The zero-order chi connectivity index (χ0) is 20.8. The van der Waals surface area contributed by atoms with Gasteiger partial charge in [-0.3, -0.25) is 9.59 Å². The van der Waals surface area contributed by atoms with Crippen LogP contribution >= 0.6 is 0 Å². The van der Waals surface area contributed by atoms with Crippen molar-refractivity contribution < 1.29 is 14.0 Å². The summed E-state index contributed by atoms with van der Waals surface area (Å²) < 4.78 is 15.9. The standard InChI is InChI=1S/C22H18FN5O2/c1-26-20-16(27-12-10-24-13-27)7-4-8-17(20)28-11-9-18(29)19(22(26)28)21(30)25-15-6-3-2-5-14(15)23/h2-8,10,12-13H,9,11H2,1H3,(H,25,30). The van der Waals surface area contributed by atoms with Gasteiger partial charge in [0.15, 0.2) is 5.78 Å². The normalized spacial score (nSPS) is 15.3. The molecule has 5 rings (SSSR count). The predicted molar refractivity (Wildman–Crippen MR) is 111 cm³/mol. The van der Waals surface area contributed by atoms with Crippen molar-refractivity contribution in [3.63, 3.8) is 0 Å². The molecule has 0 atom stereocenters. The third-order valence-electron chi connectivity index (χ3n) is 5.39. The number of benzene rings is 2. The molecule has 3 aromatic rings. The minimum atomic E-state index is -0.617. The van der Waals surface area contributed by atoms with Crippen LogP contribution in [0.5, 0.6) is 0 Å². The van der Waals surface area contributed by atoms with E-state index in [4.69, 9.17) is 0 Å². The van der Waals surface area contributed by atoms with Crippen LogP contribution in [0.2, 0.25) is 0 Å². The number of hydrogen-bond acceptors (Lipinski definition) is 5. The number of halogens is 1. The van der Waals surface area contributed by atoms with E-state index in [2.05, 4.69) is 10.3 Å². The van der Waals surface area contributed by atoms with Gasteiger partial charge in [0.2, 0.25) is 0 Å². The Kier molecular flexibility index (Phi) is 4.13. The molecule has 7 nitrogen and oxygen atoms in total. The fourth-order valence-electron chi connectivity index (χ4n) is 4.06. The zero-order valence-corrected chi connectivity index (χ0v) is 16.2. The molecule has 1 N–H and O–H groups in total. The number of nitrogens with one attached hydrogen (secondary N) is 1. The van der Waals surface area contributed by atoms with Crippen LogP contribution in [0.15, 0.2) is 72.6 Å². The highest BCUT2D eigenvalue weighted by Gasteiger charge is 2.40. The molecule has 2 aliphatic heterocycles. The molecule has 8 heteroatoms. The Morgan fingerprint density at radius 1 is 1.13 bits per heavy atom. The number of para-hydroxylation sites is 2. The van der Waals surface area contributed by atoms with Crippen molar-refractivity contribution in [3.05, 3.63) is 78.4 Å². The Morgan fingerprint density at radius 2 is 1.93 bits per heavy atom. The zero-order valence-electron chi connectivity index (χ0n) is 16.2. The third kappa shape index (κ3) is 2.68. The Hall–Kier alpha value is -3.94. The van der Waals surface area contributed by atoms with Gasteiger partial charge in [0.05, 0.1) is 29.1 Å². The van der Waals surface area contributed by atoms with Gasteiger partial charge in [-0.25, -0.2) is 9.37 Å². The van der Waals surface area contributed by atoms with Gasteiger partial charge in [-0.15, -0.1) is 0 Å². The molecule has 30 heavy (non-hydrogen) atoms. The van der Waals surface area contributed by atoms with Gasteiger partial charge >= 0.3 is 0 Å². The van der Waals surface area contributed by atoms with Crippen molar-refractivity contribution >= 4 is 28.8 Å². The minimum absolute atomic E-state index is 0.0276. The Bertz CT molecular complexity index is 1200. The number of hydrogen-bond donors (Lipinski definition) is 1. The van der Waals surface area contributed by atoms with Crippen molar-refractivity contribution in [1.29, 1.82) is 0 Å². The highest BCUT2D eigenvalue weighted by atomic mass is 19.1. The summed E-state index contributed by atoms with van der Waals surface area (Å²) in [6.45, 7) is 0.468. The maximum absolute atomic E-state index is 14.0. The molecule has 2 aromatic carbocycles. The molecule has 0 unspecified atom stereocenters. The van der Waals surface area contributed by atoms with Crippen molar-refractivity contribution in [2.75, 3.05) is 28.7 Å². The first-order valence-electron chi connectivity index (χ1n) is 9.52. The number of rotatable bonds is 3. The summed E-state index contributed by atoms with van der Waals surface area (Å²) in [5, 5.41) is 2.55. The van der Waals surface area contributed by atoms with E-state index in [-0.39, 0.29) is 23.5 Å². The summed E-state index contributed by atoms with van der Waals surface area (Å²) in [5.41, 5.74) is 2.73. The summed E-state index contributed by atoms with van der Waals surface area (Å²) in [6.07, 6.45) is 5.43. The summed E-state index contributed by atoms with van der Waals surface area (Å²) in [6, 6.07) is 11.7. The highest BCUT2D eigenvalue weighted by Crippen LogP contribution is 2.47. The topological polar surface area (TPSA) is 70.5 Å². The van der Waals surface area contributed by atoms with Gasteiger partial charge < -0.3 is 19.7 Å². The van der Waals surface area contributed by atoms with Crippen molar-refractivity contribution in [2.24, 2.45) is 0 Å². The number of nitrogens with zero attached hydrogens (tertiary/aromatic N) is 4. The lowest BCUT2D eigenvalue weighted by Crippen LogP contribution is -2.39. The van der Waals surface area contributed by atoms with Crippen LogP contribution in [0, 0.1) is 5.82 Å². The van der Waals surface area contributed by atoms with Crippen LogP contribution in [0.3, 0.4) is 0 Å². The van der Waals surface area contributed by atoms with Crippen molar-refractivity contribution in [1.82, 2.24) is 9.55 Å². The second-order valence-corrected chi connectivity index (χ2v) is 7.13. The number of imidazole rings is 1. The number of anilines is 3. The van der Waals surface area contributed by atoms with E-state index < -0.39 is 11.7 Å². The van der Waals surface area contributed by atoms with Crippen LogP contribution < -0.4 is 15.1 Å². The van der Waals surface area contributed by atoms with Crippen LogP contribution in [0.4, 0.5) is 21.5 Å². The smallest absolute Gasteiger partial charge is 0.263 e. The van der Waals surface area contributed by atoms with E-state index in [0.29, 0.717) is 12.4 Å². The quantitative estimate of drug-likeness (QED) is 0.681. The van der Waals surface area contributed by atoms with Gasteiger partial charge in [-0.2, -0.15) is 0 Å². The van der Waals surface area contributed by atoms with Gasteiger partial charge in [0.25, 0.3) is 5.91 Å². The molecule has 150 valence electrons. The highest BCUT2D eigenvalue weighted by molar-refractivity contribution is 6.26. The first-order chi connectivity index (χ1) is 14.6. The molecule has 0 saturated heterocycles. The van der Waals surface area contributed by atoms with E-state index in [0.717, 1.165) is 17.1 Å². The predicted octanol–water partition coefficient (Wildman–Crippen LogP) is 3.09. The summed E-state index contributed by atoms with van der Waals surface area (Å²) in [4.78, 5) is 33.8. The van der Waals surface area contributed by atoms with Crippen LogP contribution in [-0.2, 0) is 9.59 Å². The Labute approximate surface area is 172 Å². The molecular formula is C22H18FN5O2. The Balaban J connectivity index is 1.62. The monoisotopic (exact) mass is 403 g/mol. The molecule has 1 aromatic heterocycles. The van der Waals surface area contributed by atoms with E-state index in [1.165, 1.54) is 12.1 Å². The molecule has 2 aliphatic rings. The SMILES string of the molecule is CN1C2=C(C(=O)Nc3ccccc3F)C(=O)CCN2c2cccc(-n3ccnc3)c21. The fourth-order valence-corrected chi connectivity index (χ4v) is 4.06. The van der Waals surface area contributed by atoms with Crippen LogP contribution in [0.25, 0.3) is 5.69 Å². The fraction of sp³-hybridized carbons (Fsp3) is 0.136. The first-order valence-corrected chi connectivity index (χ1v) is 9.52. The summed E-state index contributed by atoms with van der Waals surface area (Å²) >= 11 is 0. The molecular weight excluding hydrogens is 385 g/mol. The molecule has 0 fully saturated rings. The number of fused-ring (bicyclic) bond motifs is 3. The molecule has 0 radical (unpaired) electrons. The number of ketones is 1. The van der Waals surface area contributed by atoms with Gasteiger partial charge in [-0.05, 0) is 24.3 Å². The van der Waals surface area contributed by atoms with Gasteiger partial charge in [0.1, 0.15) is 17.2 Å². The Morgan fingerprint density at radius 3 is 2.70 bits per heavy atom.